The monoisotopic (exact) mass is 371 g/mol. The molecule has 3 rings (SSSR count). The van der Waals surface area contributed by atoms with Gasteiger partial charge in [0.2, 0.25) is 0 Å². The molecule has 27 heavy (non-hydrogen) atoms. The SMILES string of the molecule is CC[C@@H]1Cc2ncc(C(=O)NO)cc2CN1C[C@H]1CCC/C=C\[C@H](C)CC1. The minimum Gasteiger partial charge on any atom is -0.295 e. The van der Waals surface area contributed by atoms with Crippen LogP contribution in [0, 0.1) is 11.8 Å². The molecule has 0 saturated carbocycles. The number of pyridine rings is 1. The lowest BCUT2D eigenvalue weighted by molar-refractivity contribution is 0.0705. The van der Waals surface area contributed by atoms with Gasteiger partial charge in [-0.25, -0.2) is 5.48 Å². The van der Waals surface area contributed by atoms with E-state index in [1.807, 2.05) is 6.07 Å². The van der Waals surface area contributed by atoms with E-state index in [0.717, 1.165) is 43.1 Å². The smallest absolute Gasteiger partial charge is 0.276 e. The third-order valence-corrected chi connectivity index (χ3v) is 6.18. The van der Waals surface area contributed by atoms with Crippen LogP contribution in [0.5, 0.6) is 0 Å². The van der Waals surface area contributed by atoms with Gasteiger partial charge in [-0.15, -0.1) is 0 Å². The average molecular weight is 372 g/mol. The van der Waals surface area contributed by atoms with Crippen molar-refractivity contribution in [1.29, 1.82) is 0 Å². The van der Waals surface area contributed by atoms with Crippen LogP contribution in [-0.2, 0) is 13.0 Å². The van der Waals surface area contributed by atoms with Crippen molar-refractivity contribution in [2.75, 3.05) is 6.54 Å². The lowest BCUT2D eigenvalue weighted by atomic mass is 9.90. The van der Waals surface area contributed by atoms with E-state index in [4.69, 9.17) is 5.21 Å². The number of fused-ring (bicyclic) bond motifs is 1. The first kappa shape index (κ1) is 20.0. The highest BCUT2D eigenvalue weighted by Crippen LogP contribution is 2.29. The first-order valence-electron chi connectivity index (χ1n) is 10.4. The summed E-state index contributed by atoms with van der Waals surface area (Å²) < 4.78 is 0. The van der Waals surface area contributed by atoms with Gasteiger partial charge in [-0.3, -0.25) is 19.9 Å². The Labute approximate surface area is 162 Å². The minimum absolute atomic E-state index is 0.425. The van der Waals surface area contributed by atoms with Crippen LogP contribution < -0.4 is 5.48 Å². The zero-order valence-electron chi connectivity index (χ0n) is 16.7. The highest BCUT2D eigenvalue weighted by Gasteiger charge is 2.28. The first-order valence-corrected chi connectivity index (χ1v) is 10.4. The molecule has 2 N–H and O–H groups in total. The van der Waals surface area contributed by atoms with Crippen molar-refractivity contribution in [2.45, 2.75) is 71.4 Å². The number of hydrogen-bond acceptors (Lipinski definition) is 4. The van der Waals surface area contributed by atoms with Gasteiger partial charge in [0.05, 0.1) is 5.56 Å². The van der Waals surface area contributed by atoms with Gasteiger partial charge >= 0.3 is 0 Å². The molecule has 1 aromatic rings. The van der Waals surface area contributed by atoms with Gasteiger partial charge < -0.3 is 0 Å². The minimum atomic E-state index is -0.493. The Kier molecular flexibility index (Phi) is 7.02. The van der Waals surface area contributed by atoms with Crippen LogP contribution in [0.3, 0.4) is 0 Å². The fourth-order valence-corrected chi connectivity index (χ4v) is 4.47. The maximum Gasteiger partial charge on any atom is 0.276 e. The molecule has 3 atom stereocenters. The summed E-state index contributed by atoms with van der Waals surface area (Å²) in [6.45, 7) is 6.55. The number of nitrogens with zero attached hydrogens (tertiary/aromatic N) is 2. The number of amides is 1. The molecule has 1 aliphatic carbocycles. The highest BCUT2D eigenvalue weighted by atomic mass is 16.5. The molecule has 1 amide bonds. The molecule has 5 heteroatoms. The Hall–Kier alpha value is -1.72. The van der Waals surface area contributed by atoms with Gasteiger partial charge in [0.1, 0.15) is 0 Å². The van der Waals surface area contributed by atoms with Crippen molar-refractivity contribution in [2.24, 2.45) is 11.8 Å². The Bertz CT molecular complexity index is 674. The predicted molar refractivity (Wildman–Crippen MR) is 107 cm³/mol. The Morgan fingerprint density at radius 3 is 3.00 bits per heavy atom. The summed E-state index contributed by atoms with van der Waals surface area (Å²) in [4.78, 5) is 18.8. The Balaban J connectivity index is 1.72. The van der Waals surface area contributed by atoms with Gasteiger partial charge in [0.25, 0.3) is 5.91 Å². The summed E-state index contributed by atoms with van der Waals surface area (Å²) in [7, 11) is 0. The lowest BCUT2D eigenvalue weighted by Gasteiger charge is -2.38. The van der Waals surface area contributed by atoms with Crippen LogP contribution in [0.15, 0.2) is 24.4 Å². The summed E-state index contributed by atoms with van der Waals surface area (Å²) in [5.74, 6) is 0.922. The fourth-order valence-electron chi connectivity index (χ4n) is 4.47. The normalized spacial score (nSPS) is 27.7. The molecule has 5 nitrogen and oxygen atoms in total. The van der Waals surface area contributed by atoms with E-state index < -0.39 is 5.91 Å². The van der Waals surface area contributed by atoms with Crippen molar-refractivity contribution in [3.8, 4) is 0 Å². The number of hydroxylamine groups is 1. The van der Waals surface area contributed by atoms with Crippen molar-refractivity contribution in [3.63, 3.8) is 0 Å². The van der Waals surface area contributed by atoms with Crippen LogP contribution in [0.25, 0.3) is 0 Å². The first-order chi connectivity index (χ1) is 13.1. The summed E-state index contributed by atoms with van der Waals surface area (Å²) in [5, 5.41) is 8.89. The van der Waals surface area contributed by atoms with E-state index in [2.05, 4.69) is 35.9 Å². The van der Waals surface area contributed by atoms with Crippen molar-refractivity contribution in [3.05, 3.63) is 41.2 Å². The largest absolute Gasteiger partial charge is 0.295 e. The van der Waals surface area contributed by atoms with Gasteiger partial charge in [0, 0.05) is 37.4 Å². The van der Waals surface area contributed by atoms with E-state index >= 15 is 0 Å². The number of nitrogens with one attached hydrogen (secondary N) is 1. The Morgan fingerprint density at radius 1 is 1.37 bits per heavy atom. The average Bonchev–Trinajstić information content (AvgIpc) is 2.79. The zero-order chi connectivity index (χ0) is 19.2. The number of rotatable bonds is 4. The molecule has 0 bridgehead atoms. The number of carbonyl (C=O) groups excluding carboxylic acids is 1. The van der Waals surface area contributed by atoms with Crippen molar-refractivity contribution >= 4 is 5.91 Å². The van der Waals surface area contributed by atoms with E-state index in [1.54, 1.807) is 11.7 Å². The number of aromatic nitrogens is 1. The third-order valence-electron chi connectivity index (χ3n) is 6.18. The molecule has 148 valence electrons. The second-order valence-corrected chi connectivity index (χ2v) is 8.25. The van der Waals surface area contributed by atoms with Gasteiger partial charge in [0.15, 0.2) is 0 Å². The van der Waals surface area contributed by atoms with E-state index in [1.165, 1.54) is 32.1 Å². The molecular weight excluding hydrogens is 338 g/mol. The van der Waals surface area contributed by atoms with Gasteiger partial charge in [-0.05, 0) is 62.0 Å². The molecule has 1 aromatic heterocycles. The molecule has 2 heterocycles. The zero-order valence-corrected chi connectivity index (χ0v) is 16.7. The second kappa shape index (κ2) is 9.47. The molecule has 0 aromatic carbocycles. The second-order valence-electron chi connectivity index (χ2n) is 8.25. The third kappa shape index (κ3) is 5.17. The summed E-state index contributed by atoms with van der Waals surface area (Å²) >= 11 is 0. The fraction of sp³-hybridized carbons (Fsp3) is 0.636. The summed E-state index contributed by atoms with van der Waals surface area (Å²) in [5.41, 5.74) is 4.35. The number of allylic oxidation sites excluding steroid dienone is 2. The summed E-state index contributed by atoms with van der Waals surface area (Å²) in [6.07, 6.45) is 14.7. The number of carbonyl (C=O) groups is 1. The van der Waals surface area contributed by atoms with Gasteiger partial charge in [-0.1, -0.05) is 26.0 Å². The summed E-state index contributed by atoms with van der Waals surface area (Å²) in [6, 6.07) is 2.41. The standard InChI is InChI=1S/C22H33N3O2/c1-3-20-12-21-19(11-18(13-23-21)22(26)24-27)15-25(20)14-17-8-6-4-5-7-16(2)9-10-17/h5,7,11,13,16-17,20,27H,3-4,6,8-10,12,14-15H2,1-2H3,(H,24,26)/b7-5-/t16-,17-,20+/m0/s1. The van der Waals surface area contributed by atoms with Crippen LogP contribution in [0.2, 0.25) is 0 Å². The van der Waals surface area contributed by atoms with Crippen LogP contribution in [-0.4, -0.2) is 33.6 Å². The van der Waals surface area contributed by atoms with Gasteiger partial charge in [-0.2, -0.15) is 0 Å². The number of hydrogen-bond donors (Lipinski definition) is 2. The molecule has 0 fully saturated rings. The maximum atomic E-state index is 11.7. The van der Waals surface area contributed by atoms with Crippen molar-refractivity contribution in [1.82, 2.24) is 15.4 Å². The molecular formula is C22H33N3O2. The molecule has 2 aliphatic rings. The predicted octanol–water partition coefficient (Wildman–Crippen LogP) is 4.11. The highest BCUT2D eigenvalue weighted by molar-refractivity contribution is 5.93. The van der Waals surface area contributed by atoms with E-state index in [-0.39, 0.29) is 0 Å². The maximum absolute atomic E-state index is 11.7. The quantitative estimate of drug-likeness (QED) is 0.475. The lowest BCUT2D eigenvalue weighted by Crippen LogP contribution is -2.43. The molecule has 1 aliphatic heterocycles. The van der Waals surface area contributed by atoms with Crippen LogP contribution >= 0.6 is 0 Å². The van der Waals surface area contributed by atoms with Crippen molar-refractivity contribution < 1.29 is 10.0 Å². The molecule has 0 saturated heterocycles. The Morgan fingerprint density at radius 2 is 2.22 bits per heavy atom. The van der Waals surface area contributed by atoms with Crippen LogP contribution in [0.4, 0.5) is 0 Å². The van der Waals surface area contributed by atoms with E-state index in [0.29, 0.717) is 17.5 Å². The molecule has 0 spiro atoms. The topological polar surface area (TPSA) is 65.5 Å². The molecule has 0 unspecified atom stereocenters. The van der Waals surface area contributed by atoms with Crippen LogP contribution in [0.1, 0.15) is 74.0 Å². The molecule has 0 radical (unpaired) electrons. The van der Waals surface area contributed by atoms with E-state index in [9.17, 15) is 4.79 Å².